The number of halogens is 2. The van der Waals surface area contributed by atoms with E-state index in [4.69, 9.17) is 4.52 Å². The van der Waals surface area contributed by atoms with Crippen molar-refractivity contribution in [1.29, 1.82) is 0 Å². The van der Waals surface area contributed by atoms with Crippen LogP contribution in [0.4, 0.5) is 8.78 Å². The molecule has 1 aromatic carbocycles. The predicted octanol–water partition coefficient (Wildman–Crippen LogP) is 2.43. The van der Waals surface area contributed by atoms with Crippen LogP contribution < -0.4 is 0 Å². The second-order valence-corrected chi connectivity index (χ2v) is 4.81. The molecule has 0 aliphatic rings. The standard InChI is InChI=1S/C14H16F2N2O2/c1-9-5-11(17-20-9)7-18(2)8-14(19)10-3-4-12(15)13(16)6-10/h3-6,14,19H,7-8H2,1-2H3. The number of aliphatic hydroxyl groups excluding tert-OH is 1. The summed E-state index contributed by atoms with van der Waals surface area (Å²) in [6, 6.07) is 5.20. The van der Waals surface area contributed by atoms with Crippen LogP contribution in [0.1, 0.15) is 23.1 Å². The first-order chi connectivity index (χ1) is 9.45. The molecule has 0 bridgehead atoms. The topological polar surface area (TPSA) is 49.5 Å². The van der Waals surface area contributed by atoms with E-state index < -0.39 is 17.7 Å². The number of aromatic nitrogens is 1. The zero-order chi connectivity index (χ0) is 14.7. The fraction of sp³-hybridized carbons (Fsp3) is 0.357. The van der Waals surface area contributed by atoms with Gasteiger partial charge in [-0.25, -0.2) is 8.78 Å². The van der Waals surface area contributed by atoms with E-state index in [0.717, 1.165) is 23.6 Å². The molecule has 0 radical (unpaired) electrons. The normalized spacial score (nSPS) is 12.9. The highest BCUT2D eigenvalue weighted by Gasteiger charge is 2.14. The van der Waals surface area contributed by atoms with Gasteiger partial charge in [-0.2, -0.15) is 0 Å². The smallest absolute Gasteiger partial charge is 0.159 e. The molecule has 2 rings (SSSR count). The van der Waals surface area contributed by atoms with E-state index in [9.17, 15) is 13.9 Å². The lowest BCUT2D eigenvalue weighted by Crippen LogP contribution is -2.24. The van der Waals surface area contributed by atoms with E-state index in [1.165, 1.54) is 6.07 Å². The quantitative estimate of drug-likeness (QED) is 0.915. The Bertz CT molecular complexity index is 586. The van der Waals surface area contributed by atoms with E-state index >= 15 is 0 Å². The number of hydrogen-bond donors (Lipinski definition) is 1. The Morgan fingerprint density at radius 3 is 2.65 bits per heavy atom. The molecule has 0 fully saturated rings. The highest BCUT2D eigenvalue weighted by Crippen LogP contribution is 2.17. The van der Waals surface area contributed by atoms with Crippen LogP contribution in [-0.2, 0) is 6.54 Å². The fourth-order valence-electron chi connectivity index (χ4n) is 1.95. The maximum atomic E-state index is 13.1. The summed E-state index contributed by atoms with van der Waals surface area (Å²) < 4.78 is 30.9. The molecule has 0 saturated heterocycles. The highest BCUT2D eigenvalue weighted by atomic mass is 19.2. The molecule has 0 aliphatic carbocycles. The second kappa shape index (κ2) is 6.11. The van der Waals surface area contributed by atoms with Gasteiger partial charge >= 0.3 is 0 Å². The number of benzene rings is 1. The van der Waals surface area contributed by atoms with Crippen molar-refractivity contribution in [2.75, 3.05) is 13.6 Å². The fourth-order valence-corrected chi connectivity index (χ4v) is 1.95. The van der Waals surface area contributed by atoms with Gasteiger partial charge in [-0.1, -0.05) is 11.2 Å². The molecule has 1 unspecified atom stereocenters. The van der Waals surface area contributed by atoms with Gasteiger partial charge in [-0.15, -0.1) is 0 Å². The minimum absolute atomic E-state index is 0.275. The molecule has 0 spiro atoms. The van der Waals surface area contributed by atoms with E-state index in [1.807, 2.05) is 4.90 Å². The summed E-state index contributed by atoms with van der Waals surface area (Å²) in [5.41, 5.74) is 1.09. The first-order valence-electron chi connectivity index (χ1n) is 6.19. The van der Waals surface area contributed by atoms with Crippen molar-refractivity contribution in [2.24, 2.45) is 0 Å². The average Bonchev–Trinajstić information content (AvgIpc) is 2.77. The third-order valence-electron chi connectivity index (χ3n) is 2.92. The molecule has 1 atom stereocenters. The van der Waals surface area contributed by atoms with Crippen LogP contribution in [0.3, 0.4) is 0 Å². The van der Waals surface area contributed by atoms with Crippen LogP contribution in [0.25, 0.3) is 0 Å². The van der Waals surface area contributed by atoms with Crippen molar-refractivity contribution in [3.8, 4) is 0 Å². The van der Waals surface area contributed by atoms with Crippen molar-refractivity contribution in [3.05, 3.63) is 52.9 Å². The Morgan fingerprint density at radius 2 is 2.05 bits per heavy atom. The van der Waals surface area contributed by atoms with Gasteiger partial charge in [0, 0.05) is 19.2 Å². The first kappa shape index (κ1) is 14.6. The summed E-state index contributed by atoms with van der Waals surface area (Å²) in [7, 11) is 1.80. The summed E-state index contributed by atoms with van der Waals surface area (Å²) >= 11 is 0. The second-order valence-electron chi connectivity index (χ2n) is 4.81. The molecule has 4 nitrogen and oxygen atoms in total. The molecular weight excluding hydrogens is 266 g/mol. The van der Waals surface area contributed by atoms with Crippen LogP contribution in [0.2, 0.25) is 0 Å². The lowest BCUT2D eigenvalue weighted by Gasteiger charge is -2.19. The largest absolute Gasteiger partial charge is 0.387 e. The Kier molecular flexibility index (Phi) is 4.46. The molecule has 0 amide bonds. The van der Waals surface area contributed by atoms with Crippen molar-refractivity contribution in [1.82, 2.24) is 10.1 Å². The number of rotatable bonds is 5. The molecule has 20 heavy (non-hydrogen) atoms. The van der Waals surface area contributed by atoms with E-state index in [1.54, 1.807) is 20.0 Å². The summed E-state index contributed by atoms with van der Waals surface area (Å²) in [4.78, 5) is 1.82. The summed E-state index contributed by atoms with van der Waals surface area (Å²) in [6.45, 7) is 2.57. The van der Waals surface area contributed by atoms with E-state index in [0.29, 0.717) is 12.1 Å². The molecule has 1 heterocycles. The molecule has 1 aromatic heterocycles. The first-order valence-corrected chi connectivity index (χ1v) is 6.19. The maximum absolute atomic E-state index is 13.1. The van der Waals surface area contributed by atoms with Gasteiger partial charge in [0.05, 0.1) is 11.8 Å². The van der Waals surface area contributed by atoms with E-state index in [2.05, 4.69) is 5.16 Å². The van der Waals surface area contributed by atoms with Gasteiger partial charge in [0.25, 0.3) is 0 Å². The van der Waals surface area contributed by atoms with Crippen LogP contribution in [0.5, 0.6) is 0 Å². The molecular formula is C14H16F2N2O2. The van der Waals surface area contributed by atoms with Gasteiger partial charge in [0.2, 0.25) is 0 Å². The summed E-state index contributed by atoms with van der Waals surface area (Å²) in [6.07, 6.45) is -0.900. The Hall–Kier alpha value is -1.79. The highest BCUT2D eigenvalue weighted by molar-refractivity contribution is 5.20. The van der Waals surface area contributed by atoms with Crippen molar-refractivity contribution in [2.45, 2.75) is 19.6 Å². The third-order valence-corrected chi connectivity index (χ3v) is 2.92. The van der Waals surface area contributed by atoms with Gasteiger partial charge < -0.3 is 9.63 Å². The Balaban J connectivity index is 1.96. The molecule has 0 aliphatic heterocycles. The lowest BCUT2D eigenvalue weighted by atomic mass is 10.1. The van der Waals surface area contributed by atoms with Crippen LogP contribution in [-0.4, -0.2) is 28.8 Å². The van der Waals surface area contributed by atoms with E-state index in [-0.39, 0.29) is 6.54 Å². The lowest BCUT2D eigenvalue weighted by molar-refractivity contribution is 0.122. The minimum Gasteiger partial charge on any atom is -0.387 e. The minimum atomic E-state index is -0.962. The maximum Gasteiger partial charge on any atom is 0.159 e. The molecule has 1 N–H and O–H groups in total. The van der Waals surface area contributed by atoms with Crippen molar-refractivity contribution in [3.63, 3.8) is 0 Å². The number of aryl methyl sites for hydroxylation is 1. The van der Waals surface area contributed by atoms with Crippen LogP contribution in [0, 0.1) is 18.6 Å². The predicted molar refractivity (Wildman–Crippen MR) is 68.9 cm³/mol. The van der Waals surface area contributed by atoms with Gasteiger partial charge in [0.1, 0.15) is 5.76 Å². The number of hydrogen-bond acceptors (Lipinski definition) is 4. The van der Waals surface area contributed by atoms with Crippen molar-refractivity contribution < 1.29 is 18.4 Å². The SMILES string of the molecule is Cc1cc(CN(C)CC(O)c2ccc(F)c(F)c2)no1. The van der Waals surface area contributed by atoms with Crippen molar-refractivity contribution >= 4 is 0 Å². The average molecular weight is 282 g/mol. The molecule has 6 heteroatoms. The van der Waals surface area contributed by atoms with Crippen LogP contribution in [0.15, 0.2) is 28.8 Å². The van der Waals surface area contributed by atoms with Gasteiger partial charge in [-0.05, 0) is 31.7 Å². The molecule has 2 aromatic rings. The summed E-state index contributed by atoms with van der Waals surface area (Å²) in [5.74, 6) is -1.17. The number of aliphatic hydroxyl groups is 1. The zero-order valence-corrected chi connectivity index (χ0v) is 11.3. The zero-order valence-electron chi connectivity index (χ0n) is 11.3. The molecule has 108 valence electrons. The number of likely N-dealkylation sites (N-methyl/N-ethyl adjacent to an activating group) is 1. The monoisotopic (exact) mass is 282 g/mol. The Morgan fingerprint density at radius 1 is 1.30 bits per heavy atom. The van der Waals surface area contributed by atoms with Gasteiger partial charge in [0.15, 0.2) is 11.6 Å². The van der Waals surface area contributed by atoms with Crippen LogP contribution >= 0.6 is 0 Å². The third kappa shape index (κ3) is 3.61. The number of nitrogens with zero attached hydrogens (tertiary/aromatic N) is 2. The molecule has 0 saturated carbocycles. The Labute approximate surface area is 115 Å². The summed E-state index contributed by atoms with van der Waals surface area (Å²) in [5, 5.41) is 13.9. The van der Waals surface area contributed by atoms with Gasteiger partial charge in [-0.3, -0.25) is 4.90 Å².